The van der Waals surface area contributed by atoms with Gasteiger partial charge in [0.2, 0.25) is 0 Å². The molecule has 150 valence electrons. The third-order valence-corrected chi connectivity index (χ3v) is 6.43. The minimum atomic E-state index is -3.94. The molecule has 28 heavy (non-hydrogen) atoms. The summed E-state index contributed by atoms with van der Waals surface area (Å²) in [5.74, 6) is -0.591. The number of esters is 1. The maximum atomic E-state index is 13.1. The van der Waals surface area contributed by atoms with Gasteiger partial charge in [-0.2, -0.15) is 0 Å². The Balaban J connectivity index is 1.96. The van der Waals surface area contributed by atoms with Crippen LogP contribution < -0.4 is 10.0 Å². The predicted octanol–water partition coefficient (Wildman–Crippen LogP) is 4.67. The van der Waals surface area contributed by atoms with Crippen LogP contribution in [0, 0.1) is 0 Å². The topological polar surface area (TPSA) is 84.5 Å². The Morgan fingerprint density at radius 2 is 1.75 bits per heavy atom. The third-order valence-electron chi connectivity index (χ3n) is 4.75. The summed E-state index contributed by atoms with van der Waals surface area (Å²) in [5.41, 5.74) is 1.03. The van der Waals surface area contributed by atoms with Crippen LogP contribution in [0.5, 0.6) is 0 Å². The van der Waals surface area contributed by atoms with Crippen molar-refractivity contribution in [3.05, 3.63) is 53.1 Å². The quantitative estimate of drug-likeness (QED) is 0.660. The van der Waals surface area contributed by atoms with Gasteiger partial charge in [0, 0.05) is 16.8 Å². The number of ether oxygens (including phenoxy) is 1. The van der Waals surface area contributed by atoms with Gasteiger partial charge in [-0.3, -0.25) is 4.72 Å². The van der Waals surface area contributed by atoms with Gasteiger partial charge in [-0.1, -0.05) is 30.9 Å². The summed E-state index contributed by atoms with van der Waals surface area (Å²) >= 11 is 5.87. The molecule has 1 aliphatic carbocycles. The lowest BCUT2D eigenvalue weighted by Crippen LogP contribution is -2.24. The maximum absolute atomic E-state index is 13.1. The number of nitrogens with one attached hydrogen (secondary N) is 2. The summed E-state index contributed by atoms with van der Waals surface area (Å²) in [6.45, 7) is 0. The van der Waals surface area contributed by atoms with Crippen LogP contribution in [0.25, 0.3) is 0 Å². The molecule has 8 heteroatoms. The smallest absolute Gasteiger partial charge is 0.337 e. The molecule has 0 aliphatic heterocycles. The number of benzene rings is 2. The number of hydrogen-bond acceptors (Lipinski definition) is 5. The Labute approximate surface area is 170 Å². The van der Waals surface area contributed by atoms with Crippen LogP contribution in [0.2, 0.25) is 5.02 Å². The van der Waals surface area contributed by atoms with Gasteiger partial charge < -0.3 is 10.1 Å². The van der Waals surface area contributed by atoms with Gasteiger partial charge in [-0.15, -0.1) is 0 Å². The lowest BCUT2D eigenvalue weighted by molar-refractivity contribution is 0.0600. The van der Waals surface area contributed by atoms with Gasteiger partial charge >= 0.3 is 5.97 Å². The molecule has 0 atom stereocenters. The van der Waals surface area contributed by atoms with Gasteiger partial charge in [-0.05, 0) is 55.3 Å². The molecule has 1 fully saturated rings. The normalized spacial score (nSPS) is 15.1. The SMILES string of the molecule is COC(=O)c1ccc(NC2CCCCC2)c(S(=O)(=O)Nc2ccc(Cl)cc2)c1. The highest BCUT2D eigenvalue weighted by Crippen LogP contribution is 2.29. The number of rotatable bonds is 6. The van der Waals surface area contributed by atoms with Gasteiger partial charge in [0.05, 0.1) is 18.4 Å². The maximum Gasteiger partial charge on any atom is 0.337 e. The molecular formula is C20H23ClN2O4S. The first kappa shape index (κ1) is 20.5. The molecule has 0 bridgehead atoms. The van der Waals surface area contributed by atoms with Gasteiger partial charge in [-0.25, -0.2) is 13.2 Å². The molecule has 1 saturated carbocycles. The lowest BCUT2D eigenvalue weighted by Gasteiger charge is -2.25. The molecule has 0 aromatic heterocycles. The molecule has 0 heterocycles. The molecule has 3 rings (SSSR count). The summed E-state index contributed by atoms with van der Waals surface area (Å²) in [4.78, 5) is 11.9. The second kappa shape index (κ2) is 8.84. The molecule has 0 saturated heterocycles. The first-order chi connectivity index (χ1) is 13.4. The first-order valence-corrected chi connectivity index (χ1v) is 11.0. The summed E-state index contributed by atoms with van der Waals surface area (Å²) < 4.78 is 33.4. The van der Waals surface area contributed by atoms with E-state index in [-0.39, 0.29) is 16.5 Å². The van der Waals surface area contributed by atoms with Crippen molar-refractivity contribution in [2.45, 2.75) is 43.0 Å². The highest BCUT2D eigenvalue weighted by molar-refractivity contribution is 7.92. The van der Waals surface area contributed by atoms with Gasteiger partial charge in [0.25, 0.3) is 10.0 Å². The van der Waals surface area contributed by atoms with Crippen molar-refractivity contribution < 1.29 is 17.9 Å². The molecule has 2 N–H and O–H groups in total. The number of carbonyl (C=O) groups is 1. The first-order valence-electron chi connectivity index (χ1n) is 9.16. The van der Waals surface area contributed by atoms with E-state index in [0.29, 0.717) is 16.4 Å². The predicted molar refractivity (Wildman–Crippen MR) is 111 cm³/mol. The standard InChI is InChI=1S/C20H23ClN2O4S/c1-27-20(24)14-7-12-18(22-16-5-3-2-4-6-16)19(13-14)28(25,26)23-17-10-8-15(21)9-11-17/h7-13,16,22-23H,2-6H2,1H3. The number of methoxy groups -OCH3 is 1. The number of halogens is 1. The number of carbonyl (C=O) groups excluding carboxylic acids is 1. The number of hydrogen-bond donors (Lipinski definition) is 2. The summed E-state index contributed by atoms with van der Waals surface area (Å²) in [6, 6.07) is 11.1. The van der Waals surface area contributed by atoms with Crippen molar-refractivity contribution in [1.82, 2.24) is 0 Å². The largest absolute Gasteiger partial charge is 0.465 e. The van der Waals surface area contributed by atoms with Crippen molar-refractivity contribution in [1.29, 1.82) is 0 Å². The summed E-state index contributed by atoms with van der Waals surface area (Å²) in [5, 5.41) is 3.85. The number of anilines is 2. The van der Waals surface area contributed by atoms with Crippen molar-refractivity contribution in [3.8, 4) is 0 Å². The molecule has 0 amide bonds. The fourth-order valence-electron chi connectivity index (χ4n) is 3.30. The van der Waals surface area contributed by atoms with Crippen LogP contribution in [0.4, 0.5) is 11.4 Å². The van der Waals surface area contributed by atoms with Crippen LogP contribution in [-0.4, -0.2) is 27.5 Å². The van der Waals surface area contributed by atoms with E-state index in [4.69, 9.17) is 16.3 Å². The fourth-order valence-corrected chi connectivity index (χ4v) is 4.68. The van der Waals surface area contributed by atoms with Crippen LogP contribution in [0.15, 0.2) is 47.4 Å². The zero-order valence-electron chi connectivity index (χ0n) is 15.6. The minimum Gasteiger partial charge on any atom is -0.465 e. The molecular weight excluding hydrogens is 400 g/mol. The Morgan fingerprint density at radius 1 is 1.07 bits per heavy atom. The average molecular weight is 423 g/mol. The minimum absolute atomic E-state index is 0.0101. The van der Waals surface area contributed by atoms with Crippen molar-refractivity contribution in [2.75, 3.05) is 17.1 Å². The zero-order chi connectivity index (χ0) is 20.1. The Kier molecular flexibility index (Phi) is 6.46. The average Bonchev–Trinajstić information content (AvgIpc) is 2.70. The highest BCUT2D eigenvalue weighted by Gasteiger charge is 2.23. The second-order valence-corrected chi connectivity index (χ2v) is 8.88. The van der Waals surface area contributed by atoms with Crippen LogP contribution in [-0.2, 0) is 14.8 Å². The van der Waals surface area contributed by atoms with E-state index in [1.54, 1.807) is 36.4 Å². The zero-order valence-corrected chi connectivity index (χ0v) is 17.1. The second-order valence-electron chi connectivity index (χ2n) is 6.79. The summed E-state index contributed by atoms with van der Waals surface area (Å²) in [7, 11) is -2.67. The van der Waals surface area contributed by atoms with Crippen LogP contribution in [0.1, 0.15) is 42.5 Å². The van der Waals surface area contributed by atoms with E-state index in [1.807, 2.05) is 0 Å². The Morgan fingerprint density at radius 3 is 2.39 bits per heavy atom. The van der Waals surface area contributed by atoms with Crippen molar-refractivity contribution in [2.24, 2.45) is 0 Å². The molecule has 0 spiro atoms. The monoisotopic (exact) mass is 422 g/mol. The molecule has 0 unspecified atom stereocenters. The lowest BCUT2D eigenvalue weighted by atomic mass is 9.95. The van der Waals surface area contributed by atoms with E-state index in [1.165, 1.54) is 19.6 Å². The van der Waals surface area contributed by atoms with Crippen molar-refractivity contribution >= 4 is 39.0 Å². The van der Waals surface area contributed by atoms with E-state index in [2.05, 4.69) is 10.0 Å². The Bertz CT molecular complexity index is 939. The fraction of sp³-hybridized carbons (Fsp3) is 0.350. The van der Waals surface area contributed by atoms with Crippen LogP contribution in [0.3, 0.4) is 0 Å². The van der Waals surface area contributed by atoms with E-state index >= 15 is 0 Å². The Hall–Kier alpha value is -2.25. The summed E-state index contributed by atoms with van der Waals surface area (Å²) in [6.07, 6.45) is 5.40. The molecule has 6 nitrogen and oxygen atoms in total. The van der Waals surface area contributed by atoms with Gasteiger partial charge in [0.15, 0.2) is 0 Å². The number of sulfonamides is 1. The highest BCUT2D eigenvalue weighted by atomic mass is 35.5. The molecule has 1 aliphatic rings. The van der Waals surface area contributed by atoms with E-state index in [0.717, 1.165) is 25.7 Å². The van der Waals surface area contributed by atoms with Crippen LogP contribution >= 0.6 is 11.6 Å². The van der Waals surface area contributed by atoms with E-state index < -0.39 is 16.0 Å². The van der Waals surface area contributed by atoms with E-state index in [9.17, 15) is 13.2 Å². The molecule has 2 aromatic carbocycles. The third kappa shape index (κ3) is 4.97. The molecule has 2 aromatic rings. The van der Waals surface area contributed by atoms with Gasteiger partial charge in [0.1, 0.15) is 4.90 Å². The van der Waals surface area contributed by atoms with Crippen molar-refractivity contribution in [3.63, 3.8) is 0 Å². The molecule has 0 radical (unpaired) electrons.